The molecular formula is C42H46N4O2. The molecule has 0 spiro atoms. The third kappa shape index (κ3) is 9.81. The molecule has 246 valence electrons. The first-order chi connectivity index (χ1) is 23.6. The Labute approximate surface area is 285 Å². The highest BCUT2D eigenvalue weighted by Gasteiger charge is 2.15. The van der Waals surface area contributed by atoms with E-state index in [1.165, 1.54) is 0 Å². The Kier molecular flexibility index (Phi) is 13.3. The summed E-state index contributed by atoms with van der Waals surface area (Å²) in [6, 6.07) is 52.0. The van der Waals surface area contributed by atoms with E-state index in [4.69, 9.17) is 20.9 Å². The number of para-hydroxylation sites is 2. The van der Waals surface area contributed by atoms with Crippen molar-refractivity contribution in [2.24, 2.45) is 0 Å². The van der Waals surface area contributed by atoms with Gasteiger partial charge in [0.15, 0.2) is 0 Å². The molecule has 0 heterocycles. The van der Waals surface area contributed by atoms with Gasteiger partial charge in [-0.2, -0.15) is 0 Å². The van der Waals surface area contributed by atoms with Crippen LogP contribution in [0.2, 0.25) is 0 Å². The van der Waals surface area contributed by atoms with Gasteiger partial charge in [-0.15, -0.1) is 0 Å². The predicted octanol–water partition coefficient (Wildman–Crippen LogP) is 11.5. The molecule has 0 radical (unpaired) electrons. The normalized spacial score (nSPS) is 10.0. The van der Waals surface area contributed by atoms with Crippen molar-refractivity contribution in [3.8, 4) is 23.0 Å². The van der Waals surface area contributed by atoms with Crippen molar-refractivity contribution in [2.45, 2.75) is 27.7 Å². The summed E-state index contributed by atoms with van der Waals surface area (Å²) in [4.78, 5) is 4.64. The minimum absolute atomic E-state index is 0.707. The lowest BCUT2D eigenvalue weighted by Gasteiger charge is -2.31. The molecule has 6 aromatic rings. The Morgan fingerprint density at radius 3 is 0.896 bits per heavy atom. The first-order valence-corrected chi connectivity index (χ1v) is 16.5. The predicted molar refractivity (Wildman–Crippen MR) is 204 cm³/mol. The molecule has 0 atom stereocenters. The van der Waals surface area contributed by atoms with Crippen molar-refractivity contribution >= 4 is 34.1 Å². The molecule has 0 amide bonds. The van der Waals surface area contributed by atoms with Crippen LogP contribution in [-0.4, -0.2) is 13.1 Å². The third-order valence-corrected chi connectivity index (χ3v) is 7.21. The number of hydrogen-bond acceptors (Lipinski definition) is 6. The molecule has 0 aliphatic rings. The van der Waals surface area contributed by atoms with E-state index in [1.54, 1.807) is 0 Å². The van der Waals surface area contributed by atoms with Crippen molar-refractivity contribution in [3.05, 3.63) is 158 Å². The zero-order valence-electron chi connectivity index (χ0n) is 28.3. The van der Waals surface area contributed by atoms with Crippen LogP contribution in [0.5, 0.6) is 23.0 Å². The summed E-state index contributed by atoms with van der Waals surface area (Å²) in [5, 5.41) is 0. The van der Waals surface area contributed by atoms with Gasteiger partial charge in [0.05, 0.1) is 0 Å². The molecule has 0 aliphatic heterocycles. The second kappa shape index (κ2) is 18.3. The minimum atomic E-state index is 0.707. The molecule has 0 saturated carbocycles. The van der Waals surface area contributed by atoms with E-state index in [0.717, 1.165) is 58.8 Å². The Morgan fingerprint density at radius 2 is 0.604 bits per heavy atom. The average molecular weight is 639 g/mol. The smallest absolute Gasteiger partial charge is 0.127 e. The zero-order valence-corrected chi connectivity index (χ0v) is 28.3. The lowest BCUT2D eigenvalue weighted by atomic mass is 10.2. The first kappa shape index (κ1) is 35.0. The number of anilines is 6. The van der Waals surface area contributed by atoms with E-state index in [1.807, 2.05) is 113 Å². The monoisotopic (exact) mass is 638 g/mol. The van der Waals surface area contributed by atoms with E-state index >= 15 is 0 Å². The van der Waals surface area contributed by atoms with Gasteiger partial charge in [-0.1, -0.05) is 64.1 Å². The summed E-state index contributed by atoms with van der Waals surface area (Å²) >= 11 is 0. The van der Waals surface area contributed by atoms with Crippen LogP contribution in [0.25, 0.3) is 0 Å². The van der Waals surface area contributed by atoms with Gasteiger partial charge in [0.25, 0.3) is 0 Å². The fraction of sp³-hybridized carbons (Fsp3) is 0.143. The van der Waals surface area contributed by atoms with E-state index in [0.29, 0.717) is 11.4 Å². The highest BCUT2D eigenvalue weighted by Crippen LogP contribution is 2.32. The van der Waals surface area contributed by atoms with Gasteiger partial charge in [0, 0.05) is 47.2 Å². The molecule has 0 aliphatic carbocycles. The summed E-state index contributed by atoms with van der Waals surface area (Å²) in [5.41, 5.74) is 17.4. The molecule has 4 N–H and O–H groups in total. The SMILES string of the molecule is CC.CC.Nc1ccc(Oc2ccc(N(CCN(c3ccccc3)c3ccc(Oc4ccc(N)cc4)cc3)c3ccccc3)cc2)cc1. The number of nitrogen functional groups attached to an aromatic ring is 2. The van der Waals surface area contributed by atoms with E-state index in [2.05, 4.69) is 82.6 Å². The lowest BCUT2D eigenvalue weighted by Crippen LogP contribution is -2.30. The molecule has 6 heteroatoms. The first-order valence-electron chi connectivity index (χ1n) is 16.5. The third-order valence-electron chi connectivity index (χ3n) is 7.21. The fourth-order valence-electron chi connectivity index (χ4n) is 4.96. The Bertz CT molecular complexity index is 1610. The van der Waals surface area contributed by atoms with Gasteiger partial charge in [-0.3, -0.25) is 0 Å². The Balaban J connectivity index is 0.00000125. The number of benzene rings is 6. The number of rotatable bonds is 11. The molecule has 0 fully saturated rings. The standard InChI is InChI=1S/C38H34N4O2.2C2H6/c39-29-11-19-35(20-12-29)43-37-23-15-33(16-24-37)41(31-7-3-1-4-8-31)27-28-42(32-9-5-2-6-10-32)34-17-25-38(26-18-34)44-36-21-13-30(40)14-22-36;2*1-2/h1-26H,27-28,39-40H2;2*1-2H3. The quantitative estimate of drug-likeness (QED) is 0.138. The van der Waals surface area contributed by atoms with Gasteiger partial charge in [0.2, 0.25) is 0 Å². The van der Waals surface area contributed by atoms with Crippen LogP contribution >= 0.6 is 0 Å². The van der Waals surface area contributed by atoms with Crippen LogP contribution < -0.4 is 30.7 Å². The molecule has 0 unspecified atom stereocenters. The van der Waals surface area contributed by atoms with Gasteiger partial charge >= 0.3 is 0 Å². The number of nitrogens with two attached hydrogens (primary N) is 2. The Morgan fingerprint density at radius 1 is 0.354 bits per heavy atom. The van der Waals surface area contributed by atoms with Crippen molar-refractivity contribution in [1.82, 2.24) is 0 Å². The maximum Gasteiger partial charge on any atom is 0.127 e. The fourth-order valence-corrected chi connectivity index (χ4v) is 4.96. The number of nitrogens with zero attached hydrogens (tertiary/aromatic N) is 2. The summed E-state index contributed by atoms with van der Waals surface area (Å²) in [5.74, 6) is 3.02. The number of hydrogen-bond donors (Lipinski definition) is 2. The highest BCUT2D eigenvalue weighted by atomic mass is 16.5. The molecule has 6 rings (SSSR count). The topological polar surface area (TPSA) is 77.0 Å². The summed E-state index contributed by atoms with van der Waals surface area (Å²) in [6.07, 6.45) is 0. The van der Waals surface area contributed by atoms with Crippen molar-refractivity contribution in [3.63, 3.8) is 0 Å². The van der Waals surface area contributed by atoms with E-state index < -0.39 is 0 Å². The molecular weight excluding hydrogens is 592 g/mol. The zero-order chi connectivity index (χ0) is 34.1. The molecule has 48 heavy (non-hydrogen) atoms. The van der Waals surface area contributed by atoms with Crippen molar-refractivity contribution in [2.75, 3.05) is 34.4 Å². The largest absolute Gasteiger partial charge is 0.457 e. The number of ether oxygens (including phenoxy) is 2. The van der Waals surface area contributed by atoms with Crippen LogP contribution in [0.1, 0.15) is 27.7 Å². The molecule has 6 aromatic carbocycles. The van der Waals surface area contributed by atoms with Gasteiger partial charge in [0.1, 0.15) is 23.0 Å². The second-order valence-electron chi connectivity index (χ2n) is 10.3. The summed E-state index contributed by atoms with van der Waals surface area (Å²) in [6.45, 7) is 9.47. The second-order valence-corrected chi connectivity index (χ2v) is 10.3. The minimum Gasteiger partial charge on any atom is -0.457 e. The molecule has 0 aromatic heterocycles. The van der Waals surface area contributed by atoms with Crippen LogP contribution in [0.15, 0.2) is 158 Å². The summed E-state index contributed by atoms with van der Waals surface area (Å²) < 4.78 is 12.1. The molecule has 6 nitrogen and oxygen atoms in total. The van der Waals surface area contributed by atoms with Crippen LogP contribution in [0, 0.1) is 0 Å². The maximum absolute atomic E-state index is 6.04. The highest BCUT2D eigenvalue weighted by molar-refractivity contribution is 5.67. The maximum atomic E-state index is 6.04. The average Bonchev–Trinajstić information content (AvgIpc) is 3.15. The molecule has 0 bridgehead atoms. The van der Waals surface area contributed by atoms with E-state index in [-0.39, 0.29) is 0 Å². The lowest BCUT2D eigenvalue weighted by molar-refractivity contribution is 0.482. The van der Waals surface area contributed by atoms with Crippen LogP contribution in [-0.2, 0) is 0 Å². The van der Waals surface area contributed by atoms with Gasteiger partial charge in [-0.25, -0.2) is 0 Å². The Hall–Kier alpha value is -5.88. The molecule has 0 saturated heterocycles. The van der Waals surface area contributed by atoms with Gasteiger partial charge in [-0.05, 0) is 121 Å². The van der Waals surface area contributed by atoms with Crippen LogP contribution in [0.3, 0.4) is 0 Å². The van der Waals surface area contributed by atoms with Gasteiger partial charge < -0.3 is 30.7 Å². The van der Waals surface area contributed by atoms with Crippen molar-refractivity contribution < 1.29 is 9.47 Å². The summed E-state index contributed by atoms with van der Waals surface area (Å²) in [7, 11) is 0. The van der Waals surface area contributed by atoms with Crippen molar-refractivity contribution in [1.29, 1.82) is 0 Å². The van der Waals surface area contributed by atoms with Crippen LogP contribution in [0.4, 0.5) is 34.1 Å². The van der Waals surface area contributed by atoms with E-state index in [9.17, 15) is 0 Å².